The number of aliphatic carboxylic acids is 1. The maximum Gasteiger partial charge on any atom is 0.330 e. The third-order valence-corrected chi connectivity index (χ3v) is 3.21. The van der Waals surface area contributed by atoms with Crippen LogP contribution in [0.4, 0.5) is 4.39 Å². The van der Waals surface area contributed by atoms with Crippen LogP contribution in [0.25, 0.3) is 0 Å². The maximum absolute atomic E-state index is 12.7. The molecule has 0 saturated carbocycles. The average molecular weight is 279 g/mol. The van der Waals surface area contributed by atoms with Crippen molar-refractivity contribution in [3.8, 4) is 0 Å². The van der Waals surface area contributed by atoms with E-state index in [0.717, 1.165) is 12.1 Å². The normalized spacial score (nSPS) is 11.8. The van der Waals surface area contributed by atoms with E-state index in [2.05, 4.69) is 5.32 Å². The molecule has 1 aromatic carbocycles. The molecule has 19 heavy (non-hydrogen) atoms. The fourth-order valence-electron chi connectivity index (χ4n) is 1.54. The lowest BCUT2D eigenvalue weighted by atomic mass is 10.1. The molecule has 1 unspecified atom stereocenters. The summed E-state index contributed by atoms with van der Waals surface area (Å²) in [5.74, 6) is -2.16. The van der Waals surface area contributed by atoms with Crippen molar-refractivity contribution < 1.29 is 19.1 Å². The van der Waals surface area contributed by atoms with Crippen LogP contribution in [0.1, 0.15) is 22.0 Å². The van der Waals surface area contributed by atoms with E-state index in [0.29, 0.717) is 5.56 Å². The fourth-order valence-corrected chi connectivity index (χ4v) is 2.23. The Kier molecular flexibility index (Phi) is 3.91. The predicted molar refractivity (Wildman–Crippen MR) is 68.6 cm³/mol. The van der Waals surface area contributed by atoms with Crippen LogP contribution in [0.3, 0.4) is 0 Å². The Morgan fingerprint density at radius 2 is 1.89 bits per heavy atom. The van der Waals surface area contributed by atoms with Crippen LogP contribution < -0.4 is 5.32 Å². The second kappa shape index (κ2) is 5.62. The molecule has 0 fully saturated rings. The third-order valence-electron chi connectivity index (χ3n) is 2.51. The highest BCUT2D eigenvalue weighted by atomic mass is 32.1. The molecular weight excluding hydrogens is 269 g/mol. The summed E-state index contributed by atoms with van der Waals surface area (Å²) in [7, 11) is 0. The van der Waals surface area contributed by atoms with E-state index in [9.17, 15) is 14.0 Å². The zero-order chi connectivity index (χ0) is 13.8. The fraction of sp³-hybridized carbons (Fsp3) is 0.0769. The topological polar surface area (TPSA) is 66.4 Å². The molecule has 0 aliphatic heterocycles. The Hall–Kier alpha value is -2.21. The summed E-state index contributed by atoms with van der Waals surface area (Å²) in [5, 5.41) is 14.9. The number of amides is 1. The summed E-state index contributed by atoms with van der Waals surface area (Å²) in [6.45, 7) is 0. The molecule has 6 heteroatoms. The van der Waals surface area contributed by atoms with E-state index in [1.807, 2.05) is 0 Å². The largest absolute Gasteiger partial charge is 0.479 e. The lowest BCUT2D eigenvalue weighted by molar-refractivity contribution is -0.139. The van der Waals surface area contributed by atoms with E-state index in [-0.39, 0.29) is 5.56 Å². The lowest BCUT2D eigenvalue weighted by Gasteiger charge is -2.13. The number of carboxylic acid groups (broad SMARTS) is 1. The number of thiophene rings is 1. The predicted octanol–water partition coefficient (Wildman–Crippen LogP) is 2.44. The molecule has 1 heterocycles. The monoisotopic (exact) mass is 279 g/mol. The van der Waals surface area contributed by atoms with E-state index >= 15 is 0 Å². The van der Waals surface area contributed by atoms with Gasteiger partial charge >= 0.3 is 5.97 Å². The van der Waals surface area contributed by atoms with Crippen molar-refractivity contribution in [3.05, 3.63) is 58.0 Å². The average Bonchev–Trinajstić information content (AvgIpc) is 2.89. The van der Waals surface area contributed by atoms with Crippen molar-refractivity contribution in [3.63, 3.8) is 0 Å². The highest BCUT2D eigenvalue weighted by Gasteiger charge is 2.22. The van der Waals surface area contributed by atoms with Gasteiger partial charge in [-0.2, -0.15) is 11.3 Å². The summed E-state index contributed by atoms with van der Waals surface area (Å²) in [6, 6.07) is 5.43. The number of hydrogen-bond donors (Lipinski definition) is 2. The Morgan fingerprint density at radius 3 is 2.42 bits per heavy atom. The lowest BCUT2D eigenvalue weighted by Crippen LogP contribution is -2.33. The second-order valence-corrected chi connectivity index (χ2v) is 4.59. The van der Waals surface area contributed by atoms with E-state index in [4.69, 9.17) is 5.11 Å². The quantitative estimate of drug-likeness (QED) is 0.903. The highest BCUT2D eigenvalue weighted by molar-refractivity contribution is 7.08. The van der Waals surface area contributed by atoms with Crippen LogP contribution in [0.5, 0.6) is 0 Å². The van der Waals surface area contributed by atoms with Gasteiger partial charge in [-0.25, -0.2) is 9.18 Å². The van der Waals surface area contributed by atoms with E-state index in [1.54, 1.807) is 16.8 Å². The Morgan fingerprint density at radius 1 is 1.21 bits per heavy atom. The zero-order valence-electron chi connectivity index (χ0n) is 9.67. The van der Waals surface area contributed by atoms with Crippen molar-refractivity contribution in [1.29, 1.82) is 0 Å². The molecule has 2 rings (SSSR count). The minimum Gasteiger partial charge on any atom is -0.479 e. The highest BCUT2D eigenvalue weighted by Crippen LogP contribution is 2.17. The van der Waals surface area contributed by atoms with Gasteiger partial charge in [0.05, 0.1) is 0 Å². The Bertz CT molecular complexity index is 580. The summed E-state index contributed by atoms with van der Waals surface area (Å²) < 4.78 is 12.7. The van der Waals surface area contributed by atoms with Gasteiger partial charge in [-0.05, 0) is 46.7 Å². The van der Waals surface area contributed by atoms with Crippen LogP contribution in [0.15, 0.2) is 41.1 Å². The molecule has 0 spiro atoms. The van der Waals surface area contributed by atoms with Crippen LogP contribution in [-0.4, -0.2) is 17.0 Å². The van der Waals surface area contributed by atoms with Gasteiger partial charge in [-0.1, -0.05) is 0 Å². The third kappa shape index (κ3) is 3.17. The first kappa shape index (κ1) is 13.2. The minimum absolute atomic E-state index is 0.211. The minimum atomic E-state index is -1.14. The van der Waals surface area contributed by atoms with Crippen LogP contribution in [0, 0.1) is 5.82 Å². The van der Waals surface area contributed by atoms with Gasteiger partial charge in [0.1, 0.15) is 5.82 Å². The standard InChI is InChI=1S/C13H10FNO3S/c14-10-3-1-8(2-4-10)12(16)15-11(13(17)18)9-5-6-19-7-9/h1-7,11H,(H,15,16)(H,17,18). The molecule has 2 aromatic rings. The van der Waals surface area contributed by atoms with Gasteiger partial charge in [-0.3, -0.25) is 4.79 Å². The maximum atomic E-state index is 12.7. The zero-order valence-corrected chi connectivity index (χ0v) is 10.5. The van der Waals surface area contributed by atoms with Gasteiger partial charge in [0.2, 0.25) is 0 Å². The molecule has 4 nitrogen and oxygen atoms in total. The molecule has 0 radical (unpaired) electrons. The summed E-state index contributed by atoms with van der Waals surface area (Å²) in [4.78, 5) is 23.0. The molecule has 1 atom stereocenters. The first-order valence-corrected chi connectivity index (χ1v) is 6.33. The van der Waals surface area contributed by atoms with E-state index in [1.165, 1.54) is 23.5 Å². The molecule has 2 N–H and O–H groups in total. The first-order valence-electron chi connectivity index (χ1n) is 5.39. The van der Waals surface area contributed by atoms with Crippen LogP contribution in [-0.2, 0) is 4.79 Å². The van der Waals surface area contributed by atoms with Crippen molar-refractivity contribution in [1.82, 2.24) is 5.32 Å². The molecule has 1 aromatic heterocycles. The molecular formula is C13H10FNO3S. The molecule has 98 valence electrons. The van der Waals surface area contributed by atoms with Crippen LogP contribution >= 0.6 is 11.3 Å². The Balaban J connectivity index is 2.16. The van der Waals surface area contributed by atoms with Crippen LogP contribution in [0.2, 0.25) is 0 Å². The number of hydrogen-bond acceptors (Lipinski definition) is 3. The smallest absolute Gasteiger partial charge is 0.330 e. The van der Waals surface area contributed by atoms with Crippen molar-refractivity contribution >= 4 is 23.2 Å². The number of rotatable bonds is 4. The van der Waals surface area contributed by atoms with Gasteiger partial charge in [0.15, 0.2) is 6.04 Å². The van der Waals surface area contributed by atoms with Crippen molar-refractivity contribution in [2.75, 3.05) is 0 Å². The van der Waals surface area contributed by atoms with Crippen molar-refractivity contribution in [2.45, 2.75) is 6.04 Å². The molecule has 0 aliphatic rings. The molecule has 0 bridgehead atoms. The number of carbonyl (C=O) groups is 2. The first-order chi connectivity index (χ1) is 9.08. The van der Waals surface area contributed by atoms with Crippen molar-refractivity contribution in [2.24, 2.45) is 0 Å². The van der Waals surface area contributed by atoms with Gasteiger partial charge < -0.3 is 10.4 Å². The van der Waals surface area contributed by atoms with Gasteiger partial charge in [0.25, 0.3) is 5.91 Å². The SMILES string of the molecule is O=C(NC(C(=O)O)c1ccsc1)c1ccc(F)cc1. The summed E-state index contributed by atoms with van der Waals surface area (Å²) >= 11 is 1.35. The number of nitrogens with one attached hydrogen (secondary N) is 1. The Labute approximate surface area is 112 Å². The molecule has 0 aliphatic carbocycles. The molecule has 1 amide bonds. The number of benzene rings is 1. The van der Waals surface area contributed by atoms with E-state index < -0.39 is 23.7 Å². The summed E-state index contributed by atoms with van der Waals surface area (Å²) in [6.07, 6.45) is 0. The number of halogens is 1. The van der Waals surface area contributed by atoms with Gasteiger partial charge in [0, 0.05) is 5.56 Å². The number of carboxylic acids is 1. The molecule has 0 saturated heterocycles. The second-order valence-electron chi connectivity index (χ2n) is 3.81. The summed E-state index contributed by atoms with van der Waals surface area (Å²) in [5.41, 5.74) is 0.718. The number of carbonyl (C=O) groups excluding carboxylic acids is 1. The van der Waals surface area contributed by atoms with Gasteiger partial charge in [-0.15, -0.1) is 0 Å².